The highest BCUT2D eigenvalue weighted by molar-refractivity contribution is 5.95. The minimum absolute atomic E-state index is 0.113. The number of carbonyl (C=O) groups excluding carboxylic acids is 1. The van der Waals surface area contributed by atoms with Gasteiger partial charge in [0.1, 0.15) is 5.82 Å². The van der Waals surface area contributed by atoms with Crippen molar-refractivity contribution in [3.63, 3.8) is 0 Å². The summed E-state index contributed by atoms with van der Waals surface area (Å²) in [5.41, 5.74) is 4.37. The van der Waals surface area contributed by atoms with Crippen LogP contribution in [0.1, 0.15) is 76.2 Å². The van der Waals surface area contributed by atoms with Crippen molar-refractivity contribution in [3.05, 3.63) is 42.0 Å². The van der Waals surface area contributed by atoms with E-state index in [0.717, 1.165) is 42.3 Å². The third kappa shape index (κ3) is 3.91. The summed E-state index contributed by atoms with van der Waals surface area (Å²) in [6.45, 7) is 7.51. The molecule has 0 bridgehead atoms. The highest BCUT2D eigenvalue weighted by Crippen LogP contribution is 2.41. The molecule has 5 rings (SSSR count). The molecule has 33 heavy (non-hydrogen) atoms. The van der Waals surface area contributed by atoms with Gasteiger partial charge in [-0.25, -0.2) is 9.78 Å². The highest BCUT2D eigenvalue weighted by Gasteiger charge is 2.33. The second kappa shape index (κ2) is 8.84. The minimum atomic E-state index is -0.296. The lowest BCUT2D eigenvalue weighted by molar-refractivity contribution is 0.175. The maximum atomic E-state index is 12.6. The number of hydrogen-bond acceptors (Lipinski definition) is 4. The van der Waals surface area contributed by atoms with Crippen LogP contribution in [0.25, 0.3) is 11.0 Å². The van der Waals surface area contributed by atoms with E-state index >= 15 is 0 Å². The van der Waals surface area contributed by atoms with Crippen molar-refractivity contribution in [2.24, 2.45) is 5.92 Å². The van der Waals surface area contributed by atoms with Gasteiger partial charge in [-0.1, -0.05) is 26.7 Å². The van der Waals surface area contributed by atoms with Crippen LogP contribution in [0.5, 0.6) is 0 Å². The largest absolute Gasteiger partial charge is 0.452 e. The van der Waals surface area contributed by atoms with Crippen molar-refractivity contribution < 1.29 is 9.53 Å². The standard InChI is InChI=1S/C26H35N5O2/c1-17-7-5-8-20(15-17)31-23-12-11-22-21(10-9-19(3)30(22)26(32)33-4)24(23)28-25(31)18(2)16-29-14-6-13-27-29/h6,11-14,17-20H,5,7-10,15-16H2,1-4H3. The van der Waals surface area contributed by atoms with Crippen LogP contribution in [0, 0.1) is 5.92 Å². The third-order valence-electron chi connectivity index (χ3n) is 7.59. The number of imidazole rings is 1. The van der Waals surface area contributed by atoms with Crippen molar-refractivity contribution in [3.8, 4) is 0 Å². The van der Waals surface area contributed by atoms with E-state index < -0.39 is 0 Å². The number of amides is 1. The van der Waals surface area contributed by atoms with Crippen LogP contribution in [-0.2, 0) is 17.7 Å². The first-order valence-corrected chi connectivity index (χ1v) is 12.4. The topological polar surface area (TPSA) is 65.2 Å². The van der Waals surface area contributed by atoms with E-state index in [9.17, 15) is 4.79 Å². The molecule has 0 saturated heterocycles. The molecule has 2 aromatic heterocycles. The Balaban J connectivity index is 1.65. The number of hydrogen-bond donors (Lipinski definition) is 0. The molecule has 176 valence electrons. The SMILES string of the molecule is COC(=O)N1c2ccc3c(nc(C(C)Cn4cccn4)n3C3CCCC(C)C3)c2CCC1C. The van der Waals surface area contributed by atoms with Crippen LogP contribution in [0.2, 0.25) is 0 Å². The summed E-state index contributed by atoms with van der Waals surface area (Å²) in [7, 11) is 1.45. The molecule has 1 aromatic carbocycles. The summed E-state index contributed by atoms with van der Waals surface area (Å²) in [6, 6.07) is 6.83. The predicted molar refractivity (Wildman–Crippen MR) is 130 cm³/mol. The van der Waals surface area contributed by atoms with Crippen molar-refractivity contribution in [2.75, 3.05) is 12.0 Å². The van der Waals surface area contributed by atoms with E-state index in [4.69, 9.17) is 9.72 Å². The predicted octanol–water partition coefficient (Wildman–Crippen LogP) is 5.70. The number of aryl methyl sites for hydroxylation is 1. The van der Waals surface area contributed by atoms with E-state index in [-0.39, 0.29) is 18.1 Å². The van der Waals surface area contributed by atoms with Crippen LogP contribution in [-0.4, -0.2) is 38.6 Å². The van der Waals surface area contributed by atoms with Crippen molar-refractivity contribution in [1.82, 2.24) is 19.3 Å². The van der Waals surface area contributed by atoms with Gasteiger partial charge in [0, 0.05) is 36.0 Å². The Morgan fingerprint density at radius 1 is 1.24 bits per heavy atom. The zero-order valence-electron chi connectivity index (χ0n) is 20.2. The first-order valence-electron chi connectivity index (χ1n) is 12.4. The van der Waals surface area contributed by atoms with Crippen LogP contribution < -0.4 is 4.90 Å². The fraction of sp³-hybridized carbons (Fsp3) is 0.577. The van der Waals surface area contributed by atoms with E-state index in [2.05, 4.69) is 42.6 Å². The number of nitrogens with zero attached hydrogens (tertiary/aromatic N) is 5. The Bertz CT molecular complexity index is 1140. The molecule has 1 aliphatic carbocycles. The van der Waals surface area contributed by atoms with E-state index in [1.807, 2.05) is 23.1 Å². The van der Waals surface area contributed by atoms with Gasteiger partial charge < -0.3 is 9.30 Å². The van der Waals surface area contributed by atoms with E-state index in [0.29, 0.717) is 6.04 Å². The summed E-state index contributed by atoms with van der Waals surface area (Å²) in [6.07, 6.45) is 10.3. The summed E-state index contributed by atoms with van der Waals surface area (Å²) in [4.78, 5) is 19.7. The number of anilines is 1. The van der Waals surface area contributed by atoms with Crippen molar-refractivity contribution in [2.45, 2.75) is 83.8 Å². The number of carbonyl (C=O) groups is 1. The monoisotopic (exact) mass is 449 g/mol. The highest BCUT2D eigenvalue weighted by atomic mass is 16.5. The summed E-state index contributed by atoms with van der Waals surface area (Å²) in [5, 5.41) is 4.43. The zero-order chi connectivity index (χ0) is 23.1. The van der Waals surface area contributed by atoms with Gasteiger partial charge in [-0.05, 0) is 56.7 Å². The van der Waals surface area contributed by atoms with Gasteiger partial charge in [-0.2, -0.15) is 5.10 Å². The number of rotatable bonds is 4. The Morgan fingerprint density at radius 2 is 2.09 bits per heavy atom. The number of fused-ring (bicyclic) bond motifs is 3. The molecule has 1 fully saturated rings. The van der Waals surface area contributed by atoms with Crippen LogP contribution in [0.4, 0.5) is 10.5 Å². The van der Waals surface area contributed by atoms with Gasteiger partial charge in [0.25, 0.3) is 0 Å². The molecule has 1 saturated carbocycles. The molecule has 0 N–H and O–H groups in total. The summed E-state index contributed by atoms with van der Waals surface area (Å²) >= 11 is 0. The second-order valence-electron chi connectivity index (χ2n) is 10.1. The normalized spacial score (nSPS) is 24.0. The van der Waals surface area contributed by atoms with Gasteiger partial charge in [0.15, 0.2) is 0 Å². The number of methoxy groups -OCH3 is 1. The molecule has 4 unspecified atom stereocenters. The Morgan fingerprint density at radius 3 is 2.82 bits per heavy atom. The van der Waals surface area contributed by atoms with Gasteiger partial charge >= 0.3 is 6.09 Å². The van der Waals surface area contributed by atoms with E-state index in [1.165, 1.54) is 43.9 Å². The molecular weight excluding hydrogens is 414 g/mol. The van der Waals surface area contributed by atoms with Gasteiger partial charge in [-0.15, -0.1) is 0 Å². The van der Waals surface area contributed by atoms with Crippen molar-refractivity contribution in [1.29, 1.82) is 0 Å². The average molecular weight is 450 g/mol. The van der Waals surface area contributed by atoms with Crippen LogP contribution >= 0.6 is 0 Å². The Hall–Kier alpha value is -2.83. The van der Waals surface area contributed by atoms with Crippen LogP contribution in [0.15, 0.2) is 30.6 Å². The average Bonchev–Trinajstić information content (AvgIpc) is 3.46. The first kappa shape index (κ1) is 22.0. The molecule has 1 amide bonds. The number of ether oxygens (including phenoxy) is 1. The first-order chi connectivity index (χ1) is 16.0. The fourth-order valence-electron chi connectivity index (χ4n) is 5.93. The fourth-order valence-corrected chi connectivity index (χ4v) is 5.93. The summed E-state index contributed by atoms with van der Waals surface area (Å²) < 4.78 is 9.64. The zero-order valence-corrected chi connectivity index (χ0v) is 20.2. The number of aromatic nitrogens is 4. The Kier molecular flexibility index (Phi) is 5.89. The second-order valence-corrected chi connectivity index (χ2v) is 10.1. The van der Waals surface area contributed by atoms with Gasteiger partial charge in [-0.3, -0.25) is 9.58 Å². The molecule has 7 heteroatoms. The lowest BCUT2D eigenvalue weighted by Crippen LogP contribution is -2.42. The molecule has 3 aromatic rings. The quantitative estimate of drug-likeness (QED) is 0.513. The Labute approximate surface area is 195 Å². The molecule has 0 spiro atoms. The third-order valence-corrected chi connectivity index (χ3v) is 7.59. The smallest absolute Gasteiger partial charge is 0.414 e. The molecule has 7 nitrogen and oxygen atoms in total. The minimum Gasteiger partial charge on any atom is -0.452 e. The number of benzene rings is 1. The van der Waals surface area contributed by atoms with Gasteiger partial charge in [0.05, 0.1) is 30.4 Å². The maximum absolute atomic E-state index is 12.6. The molecule has 0 radical (unpaired) electrons. The lowest BCUT2D eigenvalue weighted by atomic mass is 9.86. The van der Waals surface area contributed by atoms with Gasteiger partial charge in [0.2, 0.25) is 0 Å². The van der Waals surface area contributed by atoms with Crippen LogP contribution in [0.3, 0.4) is 0 Å². The molecule has 1 aliphatic heterocycles. The molecule has 3 heterocycles. The van der Waals surface area contributed by atoms with E-state index in [1.54, 1.807) is 4.90 Å². The summed E-state index contributed by atoms with van der Waals surface area (Å²) in [5.74, 6) is 2.09. The van der Waals surface area contributed by atoms with Crippen molar-refractivity contribution >= 4 is 22.8 Å². The molecule has 4 atom stereocenters. The molecule has 2 aliphatic rings. The lowest BCUT2D eigenvalue weighted by Gasteiger charge is -2.34. The maximum Gasteiger partial charge on any atom is 0.414 e. The molecular formula is C26H35N5O2.